The van der Waals surface area contributed by atoms with Gasteiger partial charge in [-0.15, -0.1) is 0 Å². The van der Waals surface area contributed by atoms with Gasteiger partial charge in [-0.1, -0.05) is 25.1 Å². The summed E-state index contributed by atoms with van der Waals surface area (Å²) in [6.45, 7) is 3.23. The fourth-order valence-electron chi connectivity index (χ4n) is 2.71. The number of benzene rings is 1. The van der Waals surface area contributed by atoms with Crippen LogP contribution in [0.2, 0.25) is 0 Å². The molecule has 2 aromatic rings. The number of sulfonamides is 1. The van der Waals surface area contributed by atoms with E-state index in [1.54, 1.807) is 47.4 Å². The number of piperazine rings is 1. The summed E-state index contributed by atoms with van der Waals surface area (Å²) in [7, 11) is -3.50. The van der Waals surface area contributed by atoms with Crippen LogP contribution in [0, 0.1) is 0 Å². The van der Waals surface area contributed by atoms with E-state index < -0.39 is 10.0 Å². The minimum absolute atomic E-state index is 0.188. The summed E-state index contributed by atoms with van der Waals surface area (Å²) in [5.41, 5.74) is 0. The van der Waals surface area contributed by atoms with Crippen LogP contribution in [0.3, 0.4) is 0 Å². The first-order valence-corrected chi connectivity index (χ1v) is 9.39. The molecule has 6 nitrogen and oxygen atoms in total. The number of hydrogen-bond acceptors (Lipinski definition) is 4. The average molecular weight is 348 g/mol. The minimum atomic E-state index is -3.50. The third kappa shape index (κ3) is 3.22. The Balaban J connectivity index is 1.66. The first-order chi connectivity index (χ1) is 11.5. The summed E-state index contributed by atoms with van der Waals surface area (Å²) in [6, 6.07) is 11.8. The molecule has 0 aliphatic carbocycles. The van der Waals surface area contributed by atoms with Crippen LogP contribution in [0.1, 0.15) is 23.2 Å². The molecule has 1 aromatic heterocycles. The molecule has 128 valence electrons. The van der Waals surface area contributed by atoms with E-state index in [2.05, 4.69) is 0 Å². The van der Waals surface area contributed by atoms with E-state index in [4.69, 9.17) is 4.42 Å². The van der Waals surface area contributed by atoms with Gasteiger partial charge in [-0.2, -0.15) is 4.31 Å². The monoisotopic (exact) mass is 348 g/mol. The lowest BCUT2D eigenvalue weighted by Crippen LogP contribution is -2.50. The van der Waals surface area contributed by atoms with E-state index >= 15 is 0 Å². The molecule has 1 fully saturated rings. The second-order valence-corrected chi connectivity index (χ2v) is 7.57. The summed E-state index contributed by atoms with van der Waals surface area (Å²) in [5.74, 6) is 0.890. The maximum absolute atomic E-state index is 12.6. The molecule has 0 radical (unpaired) electrons. The third-order valence-corrected chi connectivity index (χ3v) is 6.04. The number of aryl methyl sites for hydroxylation is 1. The van der Waals surface area contributed by atoms with E-state index in [0.717, 1.165) is 12.2 Å². The first-order valence-electron chi connectivity index (χ1n) is 7.95. The van der Waals surface area contributed by atoms with Gasteiger partial charge in [-0.25, -0.2) is 8.42 Å². The highest BCUT2D eigenvalue weighted by Crippen LogP contribution is 2.19. The second-order valence-electron chi connectivity index (χ2n) is 5.63. The maximum atomic E-state index is 12.6. The van der Waals surface area contributed by atoms with Crippen molar-refractivity contribution in [3.8, 4) is 0 Å². The Kier molecular flexibility index (Phi) is 4.73. The average Bonchev–Trinajstić information content (AvgIpc) is 3.11. The minimum Gasteiger partial charge on any atom is -0.456 e. The molecular weight excluding hydrogens is 328 g/mol. The Morgan fingerprint density at radius 2 is 1.71 bits per heavy atom. The number of carbonyl (C=O) groups is 1. The zero-order chi connectivity index (χ0) is 17.2. The fraction of sp³-hybridized carbons (Fsp3) is 0.353. The third-order valence-electron chi connectivity index (χ3n) is 4.13. The van der Waals surface area contributed by atoms with Crippen LogP contribution < -0.4 is 0 Å². The number of amides is 1. The molecule has 2 heterocycles. The smallest absolute Gasteiger partial charge is 0.289 e. The lowest BCUT2D eigenvalue weighted by molar-refractivity contribution is 0.0664. The van der Waals surface area contributed by atoms with E-state index in [1.807, 2.05) is 6.92 Å². The van der Waals surface area contributed by atoms with Gasteiger partial charge in [0.25, 0.3) is 5.91 Å². The van der Waals surface area contributed by atoms with E-state index in [9.17, 15) is 13.2 Å². The highest BCUT2D eigenvalue weighted by Gasteiger charge is 2.31. The highest BCUT2D eigenvalue weighted by atomic mass is 32.2. The molecular formula is C17H20N2O4S. The van der Waals surface area contributed by atoms with Gasteiger partial charge in [0.05, 0.1) is 4.90 Å². The van der Waals surface area contributed by atoms with Crippen LogP contribution in [-0.2, 0) is 16.4 Å². The number of rotatable bonds is 4. The molecule has 0 spiro atoms. The van der Waals surface area contributed by atoms with Gasteiger partial charge >= 0.3 is 0 Å². The van der Waals surface area contributed by atoms with Crippen molar-refractivity contribution in [2.24, 2.45) is 0 Å². The molecule has 1 amide bonds. The number of furan rings is 1. The molecule has 7 heteroatoms. The van der Waals surface area contributed by atoms with Crippen LogP contribution >= 0.6 is 0 Å². The predicted molar refractivity (Wildman–Crippen MR) is 89.2 cm³/mol. The molecule has 0 unspecified atom stereocenters. The molecule has 3 rings (SSSR count). The number of hydrogen-bond donors (Lipinski definition) is 0. The van der Waals surface area contributed by atoms with E-state index in [1.165, 1.54) is 4.31 Å². The molecule has 0 N–H and O–H groups in total. The summed E-state index contributed by atoms with van der Waals surface area (Å²) in [6.07, 6.45) is 0.733. The quantitative estimate of drug-likeness (QED) is 0.847. The van der Waals surface area contributed by atoms with Crippen LogP contribution in [0.4, 0.5) is 0 Å². The number of nitrogens with zero attached hydrogens (tertiary/aromatic N) is 2. The van der Waals surface area contributed by atoms with Crippen molar-refractivity contribution in [2.45, 2.75) is 18.2 Å². The van der Waals surface area contributed by atoms with Crippen molar-refractivity contribution in [1.82, 2.24) is 9.21 Å². The van der Waals surface area contributed by atoms with Gasteiger partial charge in [-0.3, -0.25) is 4.79 Å². The zero-order valence-electron chi connectivity index (χ0n) is 13.5. The van der Waals surface area contributed by atoms with Crippen LogP contribution in [0.15, 0.2) is 51.8 Å². The summed E-state index contributed by atoms with van der Waals surface area (Å²) in [5, 5.41) is 0. The molecule has 24 heavy (non-hydrogen) atoms. The van der Waals surface area contributed by atoms with Gasteiger partial charge in [0, 0.05) is 32.6 Å². The lowest BCUT2D eigenvalue weighted by Gasteiger charge is -2.33. The van der Waals surface area contributed by atoms with E-state index in [-0.39, 0.29) is 23.9 Å². The SMILES string of the molecule is CCc1ccc(C(=O)N2CCN(S(=O)(=O)c3ccccc3)CC2)o1. The normalized spacial score (nSPS) is 16.3. The lowest BCUT2D eigenvalue weighted by atomic mass is 10.3. The maximum Gasteiger partial charge on any atom is 0.289 e. The number of carbonyl (C=O) groups excluding carboxylic acids is 1. The standard InChI is InChI=1S/C17H20N2O4S/c1-2-14-8-9-16(23-14)17(20)18-10-12-19(13-11-18)24(21,22)15-6-4-3-5-7-15/h3-9H,2,10-13H2,1H3. The first kappa shape index (κ1) is 16.7. The highest BCUT2D eigenvalue weighted by molar-refractivity contribution is 7.89. The Morgan fingerprint density at radius 3 is 2.29 bits per heavy atom. The Hall–Kier alpha value is -2.12. The molecule has 0 bridgehead atoms. The van der Waals surface area contributed by atoms with Crippen molar-refractivity contribution in [1.29, 1.82) is 0 Å². The Bertz CT molecular complexity index is 806. The van der Waals surface area contributed by atoms with Gasteiger partial charge in [-0.05, 0) is 24.3 Å². The van der Waals surface area contributed by atoms with Crippen molar-refractivity contribution in [3.05, 3.63) is 54.0 Å². The van der Waals surface area contributed by atoms with Gasteiger partial charge in [0.2, 0.25) is 10.0 Å². The Labute approximate surface area is 141 Å². The predicted octanol–water partition coefficient (Wildman–Crippen LogP) is 1.99. The zero-order valence-corrected chi connectivity index (χ0v) is 14.3. The topological polar surface area (TPSA) is 70.8 Å². The van der Waals surface area contributed by atoms with E-state index in [0.29, 0.717) is 18.8 Å². The van der Waals surface area contributed by atoms with Gasteiger partial charge < -0.3 is 9.32 Å². The van der Waals surface area contributed by atoms with Gasteiger partial charge in [0.15, 0.2) is 5.76 Å². The van der Waals surface area contributed by atoms with Crippen LogP contribution in [0.5, 0.6) is 0 Å². The Morgan fingerprint density at radius 1 is 1.04 bits per heavy atom. The molecule has 0 atom stereocenters. The molecule has 0 saturated carbocycles. The summed E-state index contributed by atoms with van der Waals surface area (Å²) >= 11 is 0. The van der Waals surface area contributed by atoms with Crippen molar-refractivity contribution < 1.29 is 17.6 Å². The van der Waals surface area contributed by atoms with Crippen LogP contribution in [0.25, 0.3) is 0 Å². The van der Waals surface area contributed by atoms with Crippen molar-refractivity contribution in [2.75, 3.05) is 26.2 Å². The van der Waals surface area contributed by atoms with Gasteiger partial charge in [0.1, 0.15) is 5.76 Å². The largest absolute Gasteiger partial charge is 0.456 e. The van der Waals surface area contributed by atoms with Crippen molar-refractivity contribution in [3.63, 3.8) is 0 Å². The summed E-state index contributed by atoms with van der Waals surface area (Å²) in [4.78, 5) is 14.3. The summed E-state index contributed by atoms with van der Waals surface area (Å²) < 4.78 is 32.1. The van der Waals surface area contributed by atoms with Crippen LogP contribution in [-0.4, -0.2) is 49.7 Å². The molecule has 1 aliphatic rings. The molecule has 1 saturated heterocycles. The fourth-order valence-corrected chi connectivity index (χ4v) is 4.16. The molecule has 1 aromatic carbocycles. The van der Waals surface area contributed by atoms with Crippen molar-refractivity contribution >= 4 is 15.9 Å². The molecule has 1 aliphatic heterocycles. The second kappa shape index (κ2) is 6.78.